The number of nitrogens with zero attached hydrogens (tertiary/aromatic N) is 6. The summed E-state index contributed by atoms with van der Waals surface area (Å²) in [5.74, 6) is -0.796. The summed E-state index contributed by atoms with van der Waals surface area (Å²) in [5, 5.41) is 0.0930. The van der Waals surface area contributed by atoms with Crippen molar-refractivity contribution in [1.29, 1.82) is 0 Å². The molecule has 0 saturated heterocycles. The fourth-order valence-corrected chi connectivity index (χ4v) is 4.23. The molecular weight excluding hydrogens is 511 g/mol. The van der Waals surface area contributed by atoms with Crippen molar-refractivity contribution < 1.29 is 9.13 Å². The molecule has 11 heteroatoms. The van der Waals surface area contributed by atoms with Gasteiger partial charge >= 0.3 is 11.7 Å². The molecule has 0 saturated carbocycles. The van der Waals surface area contributed by atoms with Gasteiger partial charge in [-0.2, -0.15) is 14.1 Å². The summed E-state index contributed by atoms with van der Waals surface area (Å²) in [4.78, 5) is 42.4. The van der Waals surface area contributed by atoms with Crippen molar-refractivity contribution in [2.24, 2.45) is 0 Å². The van der Waals surface area contributed by atoms with E-state index in [1.165, 1.54) is 22.8 Å². The van der Waals surface area contributed by atoms with Gasteiger partial charge in [-0.15, -0.1) is 0 Å². The van der Waals surface area contributed by atoms with E-state index in [0.29, 0.717) is 34.3 Å². The number of hydrogen-bond acceptors (Lipinski definition) is 7. The van der Waals surface area contributed by atoms with Crippen LogP contribution in [0, 0.1) is 5.82 Å². The monoisotopic (exact) mass is 540 g/mol. The maximum atomic E-state index is 14.6. The van der Waals surface area contributed by atoms with Crippen LogP contribution in [0.25, 0.3) is 28.0 Å². The van der Waals surface area contributed by atoms with E-state index in [9.17, 15) is 14.0 Å². The molecule has 0 N–H and O–H groups in total. The molecular formula is C27H30ClFN6O3. The summed E-state index contributed by atoms with van der Waals surface area (Å²) in [6.07, 6.45) is 0. The average Bonchev–Trinajstić information content (AvgIpc) is 2.87. The number of aromatic nitrogens is 5. The van der Waals surface area contributed by atoms with E-state index in [1.807, 2.05) is 46.7 Å². The Morgan fingerprint density at radius 2 is 1.61 bits per heavy atom. The van der Waals surface area contributed by atoms with Gasteiger partial charge in [-0.1, -0.05) is 39.8 Å². The van der Waals surface area contributed by atoms with Gasteiger partial charge in [-0.05, 0) is 50.2 Å². The molecule has 0 bridgehead atoms. The number of hydrogen-bond donors (Lipinski definition) is 0. The number of benzene rings is 1. The highest BCUT2D eigenvalue weighted by Gasteiger charge is 2.26. The molecule has 0 spiro atoms. The Labute approximate surface area is 224 Å². The van der Waals surface area contributed by atoms with E-state index in [2.05, 4.69) is 15.0 Å². The van der Waals surface area contributed by atoms with Crippen LogP contribution in [0.15, 0.2) is 46.0 Å². The zero-order valence-electron chi connectivity index (χ0n) is 22.2. The van der Waals surface area contributed by atoms with Gasteiger partial charge in [-0.3, -0.25) is 4.79 Å². The third-order valence-corrected chi connectivity index (χ3v) is 6.31. The second-order valence-corrected chi connectivity index (χ2v) is 10.2. The highest BCUT2D eigenvalue weighted by atomic mass is 35.5. The second-order valence-electron chi connectivity index (χ2n) is 9.84. The minimum absolute atomic E-state index is 0.0336. The Hall–Kier alpha value is -3.63. The maximum absolute atomic E-state index is 14.6. The first-order chi connectivity index (χ1) is 18.0. The fraction of sp³-hybridized carbons (Fsp3) is 0.370. The van der Waals surface area contributed by atoms with Gasteiger partial charge in [0.2, 0.25) is 0 Å². The number of pyridine rings is 1. The van der Waals surface area contributed by atoms with Crippen molar-refractivity contribution in [3.05, 3.63) is 74.4 Å². The van der Waals surface area contributed by atoms with E-state index in [-0.39, 0.29) is 40.1 Å². The second kappa shape index (κ2) is 11.0. The Bertz CT molecular complexity index is 1580. The highest BCUT2D eigenvalue weighted by Crippen LogP contribution is 2.31. The summed E-state index contributed by atoms with van der Waals surface area (Å²) < 4.78 is 22.2. The molecule has 9 nitrogen and oxygen atoms in total. The van der Waals surface area contributed by atoms with Crippen molar-refractivity contribution in [3.63, 3.8) is 0 Å². The van der Waals surface area contributed by atoms with Gasteiger partial charge in [0.1, 0.15) is 12.4 Å². The maximum Gasteiger partial charge on any atom is 0.352 e. The van der Waals surface area contributed by atoms with Gasteiger partial charge in [-0.25, -0.2) is 18.7 Å². The molecule has 200 valence electrons. The van der Waals surface area contributed by atoms with Gasteiger partial charge in [0.05, 0.1) is 28.2 Å². The van der Waals surface area contributed by atoms with Gasteiger partial charge in [0.15, 0.2) is 5.65 Å². The molecule has 1 aromatic carbocycles. The summed E-state index contributed by atoms with van der Waals surface area (Å²) in [5.41, 5.74) is 0.410. The molecule has 0 atom stereocenters. The quantitative estimate of drug-likeness (QED) is 0.328. The van der Waals surface area contributed by atoms with Crippen LogP contribution in [-0.2, 0) is 0 Å². The number of ether oxygens (including phenoxy) is 1. The lowest BCUT2D eigenvalue weighted by atomic mass is 10.0. The Balaban J connectivity index is 2.08. The molecule has 0 amide bonds. The van der Waals surface area contributed by atoms with Crippen LogP contribution in [0.5, 0.6) is 6.01 Å². The average molecular weight is 541 g/mol. The fourth-order valence-electron chi connectivity index (χ4n) is 4.06. The lowest BCUT2D eigenvalue weighted by Crippen LogP contribution is -2.36. The molecule has 38 heavy (non-hydrogen) atoms. The number of halogens is 2. The SMILES string of the molecule is CC(C)c1nc(OCCN(C)C)nc(C(C)C)c1-n1c(=O)n(Cl)c(=O)c2ccc(-c3ccccc3F)nc21. The van der Waals surface area contributed by atoms with Gasteiger partial charge in [0.25, 0.3) is 5.56 Å². The van der Waals surface area contributed by atoms with Crippen molar-refractivity contribution in [3.8, 4) is 23.0 Å². The first kappa shape index (κ1) is 27.4. The smallest absolute Gasteiger partial charge is 0.352 e. The molecule has 4 rings (SSSR count). The minimum atomic E-state index is -0.823. The van der Waals surface area contributed by atoms with Crippen LogP contribution in [0.4, 0.5) is 4.39 Å². The summed E-state index contributed by atoms with van der Waals surface area (Å²) in [6, 6.07) is 9.37. The molecule has 4 aromatic rings. The molecule has 0 aliphatic carbocycles. The zero-order chi connectivity index (χ0) is 27.7. The lowest BCUT2D eigenvalue weighted by molar-refractivity contribution is 0.243. The summed E-state index contributed by atoms with van der Waals surface area (Å²) in [7, 11) is 3.88. The van der Waals surface area contributed by atoms with E-state index in [1.54, 1.807) is 18.2 Å². The molecule has 3 aromatic heterocycles. The molecule has 0 radical (unpaired) electrons. The number of rotatable bonds is 8. The van der Waals surface area contributed by atoms with E-state index >= 15 is 0 Å². The topological polar surface area (TPSA) is 95.1 Å². The predicted octanol–water partition coefficient (Wildman–Crippen LogP) is 4.33. The van der Waals surface area contributed by atoms with Crippen molar-refractivity contribution in [2.75, 3.05) is 27.2 Å². The van der Waals surface area contributed by atoms with Crippen LogP contribution in [0.2, 0.25) is 0 Å². The third kappa shape index (κ3) is 5.19. The molecule has 3 heterocycles. The van der Waals surface area contributed by atoms with Crippen LogP contribution in [0.1, 0.15) is 50.9 Å². The molecule has 0 aliphatic rings. The largest absolute Gasteiger partial charge is 0.462 e. The van der Waals surface area contributed by atoms with Crippen molar-refractivity contribution in [2.45, 2.75) is 39.5 Å². The Kier molecular flexibility index (Phi) is 7.94. The standard InChI is InChI=1S/C27H30ClFN6O3/c1-15(2)21-23(22(16(3)4)32-26(31-21)38-14-13-33(5)6)34-24-18(25(36)35(28)27(34)37)11-12-20(30-24)17-9-7-8-10-19(17)29/h7-12,15-16H,13-14H2,1-6H3. The van der Waals surface area contributed by atoms with Crippen molar-refractivity contribution in [1.82, 2.24) is 28.5 Å². The molecule has 0 unspecified atom stereocenters. The Morgan fingerprint density at radius 1 is 0.974 bits per heavy atom. The summed E-state index contributed by atoms with van der Waals surface area (Å²) in [6.45, 7) is 8.78. The lowest BCUT2D eigenvalue weighted by Gasteiger charge is -2.22. The van der Waals surface area contributed by atoms with Crippen LogP contribution in [0.3, 0.4) is 0 Å². The highest BCUT2D eigenvalue weighted by molar-refractivity contribution is 6.15. The van der Waals surface area contributed by atoms with Crippen molar-refractivity contribution >= 4 is 22.8 Å². The third-order valence-electron chi connectivity index (χ3n) is 6.01. The number of fused-ring (bicyclic) bond motifs is 1. The van der Waals surface area contributed by atoms with E-state index in [0.717, 1.165) is 0 Å². The molecule has 0 fully saturated rings. The summed E-state index contributed by atoms with van der Waals surface area (Å²) >= 11 is 6.20. The molecule has 0 aliphatic heterocycles. The van der Waals surface area contributed by atoms with E-state index in [4.69, 9.17) is 16.5 Å². The number of likely N-dealkylation sites (N-methyl/N-ethyl adjacent to an activating group) is 1. The minimum Gasteiger partial charge on any atom is -0.462 e. The first-order valence-corrected chi connectivity index (χ1v) is 12.6. The first-order valence-electron chi connectivity index (χ1n) is 12.3. The van der Waals surface area contributed by atoms with Crippen LogP contribution < -0.4 is 16.0 Å². The predicted molar refractivity (Wildman–Crippen MR) is 146 cm³/mol. The normalized spacial score (nSPS) is 11.8. The van der Waals surface area contributed by atoms with Gasteiger partial charge < -0.3 is 9.64 Å². The zero-order valence-corrected chi connectivity index (χ0v) is 23.0. The van der Waals surface area contributed by atoms with Gasteiger partial charge in [0, 0.05) is 23.9 Å². The van der Waals surface area contributed by atoms with Crippen LogP contribution >= 0.6 is 11.8 Å². The Morgan fingerprint density at radius 3 is 2.18 bits per heavy atom. The van der Waals surface area contributed by atoms with Crippen LogP contribution in [-0.4, -0.2) is 55.8 Å². The van der Waals surface area contributed by atoms with E-state index < -0.39 is 17.1 Å².